The van der Waals surface area contributed by atoms with E-state index in [1.165, 1.54) is 0 Å². The molecule has 0 aliphatic heterocycles. The van der Waals surface area contributed by atoms with E-state index in [9.17, 15) is 8.42 Å². The third-order valence-corrected chi connectivity index (χ3v) is 6.13. The normalized spacial score (nSPS) is 11.6. The molecule has 30 heavy (non-hydrogen) atoms. The van der Waals surface area contributed by atoms with Crippen LogP contribution >= 0.6 is 11.8 Å². The quantitative estimate of drug-likeness (QED) is 0.379. The summed E-state index contributed by atoms with van der Waals surface area (Å²) in [7, 11) is -3.17. The second kappa shape index (κ2) is 10.1. The minimum absolute atomic E-state index is 0.295. The Bertz CT molecular complexity index is 1060. The van der Waals surface area contributed by atoms with Crippen LogP contribution in [0, 0.1) is 13.8 Å². The number of aryl methyl sites for hydroxylation is 2. The van der Waals surface area contributed by atoms with E-state index in [0.29, 0.717) is 31.1 Å². The molecule has 0 bridgehead atoms. The van der Waals surface area contributed by atoms with Gasteiger partial charge in [-0.25, -0.2) is 13.1 Å². The Hall–Kier alpha value is -2.36. The molecule has 1 heterocycles. The van der Waals surface area contributed by atoms with Crippen LogP contribution in [0.15, 0.2) is 53.7 Å². The van der Waals surface area contributed by atoms with Gasteiger partial charge in [-0.2, -0.15) is 0 Å². The first-order valence-electron chi connectivity index (χ1n) is 9.61. The molecule has 0 amide bonds. The number of benzene rings is 2. The van der Waals surface area contributed by atoms with Crippen molar-refractivity contribution in [1.82, 2.24) is 19.5 Å². The van der Waals surface area contributed by atoms with Gasteiger partial charge < -0.3 is 4.74 Å². The van der Waals surface area contributed by atoms with Gasteiger partial charge in [0.1, 0.15) is 12.4 Å². The minimum atomic E-state index is -3.17. The maximum atomic E-state index is 11.2. The van der Waals surface area contributed by atoms with E-state index in [4.69, 9.17) is 4.74 Å². The molecular formula is C21H26N4O3S2. The van der Waals surface area contributed by atoms with Gasteiger partial charge in [-0.1, -0.05) is 48.2 Å². The van der Waals surface area contributed by atoms with E-state index >= 15 is 0 Å². The Morgan fingerprint density at radius 1 is 1.03 bits per heavy atom. The van der Waals surface area contributed by atoms with Crippen molar-refractivity contribution in [3.63, 3.8) is 0 Å². The van der Waals surface area contributed by atoms with Crippen LogP contribution in [0.1, 0.15) is 23.4 Å². The Morgan fingerprint density at radius 3 is 2.40 bits per heavy atom. The number of thioether (sulfide) groups is 1. The molecule has 0 aliphatic rings. The third-order valence-electron chi connectivity index (χ3n) is 4.39. The van der Waals surface area contributed by atoms with E-state index in [1.807, 2.05) is 66.9 Å². The highest BCUT2D eigenvalue weighted by molar-refractivity contribution is 7.99. The number of hydrogen-bond donors (Lipinski definition) is 1. The molecule has 1 N–H and O–H groups in total. The molecule has 0 aliphatic carbocycles. The molecule has 1 aromatic heterocycles. The number of nitrogens with one attached hydrogen (secondary N) is 1. The lowest BCUT2D eigenvalue weighted by atomic mass is 10.1. The molecule has 9 heteroatoms. The molecular weight excluding hydrogens is 420 g/mol. The van der Waals surface area contributed by atoms with Crippen molar-refractivity contribution in [1.29, 1.82) is 0 Å². The van der Waals surface area contributed by atoms with Crippen molar-refractivity contribution in [3.05, 3.63) is 65.5 Å². The zero-order valence-corrected chi connectivity index (χ0v) is 19.0. The van der Waals surface area contributed by atoms with Crippen molar-refractivity contribution in [2.24, 2.45) is 0 Å². The molecule has 0 saturated carbocycles. The topological polar surface area (TPSA) is 86.1 Å². The SMILES string of the molecule is Cc1cccc(C)c1OCc1nnc(SCCCNS(C)(=O)=O)n1-c1ccccc1. The summed E-state index contributed by atoms with van der Waals surface area (Å²) >= 11 is 1.54. The third kappa shape index (κ3) is 6.07. The standard InChI is InChI=1S/C21H26N4O3S2/c1-16-9-7-10-17(2)20(16)28-15-19-23-24-21(25(19)18-11-5-4-6-12-18)29-14-8-13-22-30(3,26)27/h4-7,9-12,22H,8,13-15H2,1-3H3. The first kappa shape index (κ1) is 22.3. The van der Waals surface area contributed by atoms with Gasteiger partial charge in [-0.15, -0.1) is 10.2 Å². The fraction of sp³-hybridized carbons (Fsp3) is 0.333. The van der Waals surface area contributed by atoms with Crippen LogP contribution in [0.2, 0.25) is 0 Å². The zero-order chi connectivity index (χ0) is 21.6. The molecule has 0 unspecified atom stereocenters. The van der Waals surface area contributed by atoms with Gasteiger partial charge in [0.05, 0.1) is 6.26 Å². The fourth-order valence-corrected chi connectivity index (χ4v) is 4.41. The van der Waals surface area contributed by atoms with E-state index in [1.54, 1.807) is 11.8 Å². The van der Waals surface area contributed by atoms with Gasteiger partial charge in [0.25, 0.3) is 0 Å². The summed E-state index contributed by atoms with van der Waals surface area (Å²) in [4.78, 5) is 0. The van der Waals surface area contributed by atoms with Gasteiger partial charge in [-0.05, 0) is 43.5 Å². The Balaban J connectivity index is 1.75. The van der Waals surface area contributed by atoms with Gasteiger partial charge in [-0.3, -0.25) is 4.57 Å². The summed E-state index contributed by atoms with van der Waals surface area (Å²) in [5.41, 5.74) is 3.11. The Labute approximate surface area is 181 Å². The monoisotopic (exact) mass is 446 g/mol. The molecule has 0 atom stereocenters. The van der Waals surface area contributed by atoms with Crippen molar-refractivity contribution in [3.8, 4) is 11.4 Å². The van der Waals surface area contributed by atoms with Gasteiger partial charge in [0.15, 0.2) is 11.0 Å². The molecule has 0 saturated heterocycles. The predicted molar refractivity (Wildman–Crippen MR) is 120 cm³/mol. The van der Waals surface area contributed by atoms with Crippen LogP contribution in [0.5, 0.6) is 5.75 Å². The maximum absolute atomic E-state index is 11.2. The van der Waals surface area contributed by atoms with Crippen LogP contribution < -0.4 is 9.46 Å². The number of ether oxygens (including phenoxy) is 1. The first-order chi connectivity index (χ1) is 14.3. The summed E-state index contributed by atoms with van der Waals surface area (Å²) in [5, 5.41) is 9.46. The lowest BCUT2D eigenvalue weighted by Gasteiger charge is -2.13. The first-order valence-corrected chi connectivity index (χ1v) is 12.5. The van der Waals surface area contributed by atoms with Gasteiger partial charge in [0, 0.05) is 18.0 Å². The van der Waals surface area contributed by atoms with Crippen molar-refractivity contribution < 1.29 is 13.2 Å². The van der Waals surface area contributed by atoms with E-state index < -0.39 is 10.0 Å². The van der Waals surface area contributed by atoms with E-state index in [2.05, 4.69) is 14.9 Å². The van der Waals surface area contributed by atoms with Crippen LogP contribution in [-0.2, 0) is 16.6 Å². The summed E-state index contributed by atoms with van der Waals surface area (Å²) in [5.74, 6) is 2.28. The molecule has 3 rings (SSSR count). The van der Waals surface area contributed by atoms with E-state index in [-0.39, 0.29) is 0 Å². The second-order valence-electron chi connectivity index (χ2n) is 6.95. The number of aromatic nitrogens is 3. The van der Waals surface area contributed by atoms with Gasteiger partial charge in [0.2, 0.25) is 10.0 Å². The summed E-state index contributed by atoms with van der Waals surface area (Å²) < 4.78 is 33.0. The van der Waals surface area contributed by atoms with Crippen LogP contribution in [0.3, 0.4) is 0 Å². The van der Waals surface area contributed by atoms with Crippen molar-refractivity contribution >= 4 is 21.8 Å². The Morgan fingerprint density at radius 2 is 1.73 bits per heavy atom. The maximum Gasteiger partial charge on any atom is 0.208 e. The highest BCUT2D eigenvalue weighted by Gasteiger charge is 2.16. The number of nitrogens with zero attached hydrogens (tertiary/aromatic N) is 3. The molecule has 160 valence electrons. The van der Waals surface area contributed by atoms with Crippen molar-refractivity contribution in [2.75, 3.05) is 18.6 Å². The smallest absolute Gasteiger partial charge is 0.208 e. The lowest BCUT2D eigenvalue weighted by Crippen LogP contribution is -2.23. The fourth-order valence-electron chi connectivity index (χ4n) is 2.98. The minimum Gasteiger partial charge on any atom is -0.485 e. The average molecular weight is 447 g/mol. The number of sulfonamides is 1. The molecule has 0 spiro atoms. The molecule has 7 nitrogen and oxygen atoms in total. The zero-order valence-electron chi connectivity index (χ0n) is 17.3. The molecule has 0 fully saturated rings. The highest BCUT2D eigenvalue weighted by atomic mass is 32.2. The lowest BCUT2D eigenvalue weighted by molar-refractivity contribution is 0.289. The largest absolute Gasteiger partial charge is 0.485 e. The molecule has 3 aromatic rings. The van der Waals surface area contributed by atoms with Crippen LogP contribution in [-0.4, -0.2) is 41.7 Å². The molecule has 2 aromatic carbocycles. The number of rotatable bonds is 10. The predicted octanol–water partition coefficient (Wildman–Crippen LogP) is 3.49. The second-order valence-corrected chi connectivity index (χ2v) is 9.84. The van der Waals surface area contributed by atoms with E-state index in [0.717, 1.165) is 34.0 Å². The van der Waals surface area contributed by atoms with Crippen LogP contribution in [0.4, 0.5) is 0 Å². The summed E-state index contributed by atoms with van der Waals surface area (Å²) in [6.45, 7) is 4.74. The number of hydrogen-bond acceptors (Lipinski definition) is 6. The highest BCUT2D eigenvalue weighted by Crippen LogP contribution is 2.26. The average Bonchev–Trinajstić information content (AvgIpc) is 3.10. The van der Waals surface area contributed by atoms with Gasteiger partial charge >= 0.3 is 0 Å². The Kier molecular flexibility index (Phi) is 7.52. The van der Waals surface area contributed by atoms with Crippen LogP contribution in [0.25, 0.3) is 5.69 Å². The summed E-state index contributed by atoms with van der Waals surface area (Å²) in [6.07, 6.45) is 1.85. The summed E-state index contributed by atoms with van der Waals surface area (Å²) in [6, 6.07) is 16.0. The van der Waals surface area contributed by atoms with Crippen molar-refractivity contribution in [2.45, 2.75) is 32.0 Å². The number of para-hydroxylation sites is 2. The molecule has 0 radical (unpaired) electrons.